The van der Waals surface area contributed by atoms with Gasteiger partial charge in [-0.2, -0.15) is 5.26 Å². The summed E-state index contributed by atoms with van der Waals surface area (Å²) in [5.74, 6) is -1.36. The molecule has 0 aliphatic heterocycles. The van der Waals surface area contributed by atoms with Crippen molar-refractivity contribution in [3.63, 3.8) is 0 Å². The van der Waals surface area contributed by atoms with Crippen LogP contribution >= 0.6 is 0 Å². The van der Waals surface area contributed by atoms with Crippen LogP contribution in [0.5, 0.6) is 0 Å². The molecule has 23 heavy (non-hydrogen) atoms. The zero-order valence-corrected chi connectivity index (χ0v) is 13.1. The van der Waals surface area contributed by atoms with Gasteiger partial charge in [-0.25, -0.2) is 0 Å². The fourth-order valence-electron chi connectivity index (χ4n) is 2.01. The minimum absolute atomic E-state index is 0.125. The molecule has 0 aromatic heterocycles. The van der Waals surface area contributed by atoms with Crippen LogP contribution in [0.1, 0.15) is 41.0 Å². The summed E-state index contributed by atoms with van der Waals surface area (Å²) in [6.07, 6.45) is 0.429. The number of rotatable bonds is 7. The predicted molar refractivity (Wildman–Crippen MR) is 84.3 cm³/mol. The summed E-state index contributed by atoms with van der Waals surface area (Å²) in [7, 11) is 0. The highest BCUT2D eigenvalue weighted by Gasteiger charge is 2.22. The molecule has 0 bridgehead atoms. The highest BCUT2D eigenvalue weighted by Crippen LogP contribution is 2.09. The zero-order valence-electron chi connectivity index (χ0n) is 13.1. The highest BCUT2D eigenvalue weighted by atomic mass is 16.2. The predicted octanol–water partition coefficient (Wildman–Crippen LogP) is 0.570. The normalized spacial score (nSPS) is 11.4. The van der Waals surface area contributed by atoms with Crippen LogP contribution in [0.3, 0.4) is 0 Å². The molecule has 1 unspecified atom stereocenters. The molecular formula is C16H20N4O3. The van der Waals surface area contributed by atoms with E-state index in [1.807, 2.05) is 19.9 Å². The first-order chi connectivity index (χ1) is 10.8. The van der Waals surface area contributed by atoms with Crippen LogP contribution in [-0.2, 0) is 4.79 Å². The smallest absolute Gasteiger partial charge is 0.251 e. The lowest BCUT2D eigenvalue weighted by Gasteiger charge is -2.19. The van der Waals surface area contributed by atoms with Gasteiger partial charge in [-0.3, -0.25) is 14.4 Å². The van der Waals surface area contributed by atoms with Gasteiger partial charge in [-0.1, -0.05) is 19.9 Å². The molecule has 0 saturated carbocycles. The maximum atomic E-state index is 12.3. The quantitative estimate of drug-likeness (QED) is 0.636. The van der Waals surface area contributed by atoms with E-state index < -0.39 is 23.8 Å². The maximum absolute atomic E-state index is 12.3. The van der Waals surface area contributed by atoms with Gasteiger partial charge in [0, 0.05) is 11.1 Å². The summed E-state index contributed by atoms with van der Waals surface area (Å²) in [4.78, 5) is 35.5. The lowest BCUT2D eigenvalue weighted by atomic mass is 10.0. The molecule has 1 aromatic carbocycles. The number of nitrogens with one attached hydrogen (secondary N) is 2. The van der Waals surface area contributed by atoms with Crippen molar-refractivity contribution in [1.82, 2.24) is 10.6 Å². The third-order valence-corrected chi connectivity index (χ3v) is 3.08. The molecule has 0 radical (unpaired) electrons. The molecule has 0 saturated heterocycles. The van der Waals surface area contributed by atoms with E-state index in [0.29, 0.717) is 6.42 Å². The first kappa shape index (κ1) is 18.2. The molecule has 0 heterocycles. The van der Waals surface area contributed by atoms with Crippen molar-refractivity contribution in [3.05, 3.63) is 35.4 Å². The summed E-state index contributed by atoms with van der Waals surface area (Å²) in [6.45, 7) is 3.72. The third kappa shape index (κ3) is 5.79. The van der Waals surface area contributed by atoms with Gasteiger partial charge in [0.1, 0.15) is 12.6 Å². The minimum atomic E-state index is -0.756. The Morgan fingerprint density at radius 1 is 1.26 bits per heavy atom. The average Bonchev–Trinajstić information content (AvgIpc) is 2.51. The van der Waals surface area contributed by atoms with Crippen LogP contribution < -0.4 is 16.4 Å². The average molecular weight is 316 g/mol. The topological polar surface area (TPSA) is 125 Å². The zero-order chi connectivity index (χ0) is 17.4. The van der Waals surface area contributed by atoms with Gasteiger partial charge in [0.05, 0.1) is 6.07 Å². The number of carbonyl (C=O) groups excluding carboxylic acids is 3. The number of primary amides is 1. The van der Waals surface area contributed by atoms with Crippen molar-refractivity contribution >= 4 is 17.7 Å². The fraction of sp³-hybridized carbons (Fsp3) is 0.375. The second-order valence-electron chi connectivity index (χ2n) is 5.48. The van der Waals surface area contributed by atoms with E-state index in [0.717, 1.165) is 0 Å². The van der Waals surface area contributed by atoms with Crippen LogP contribution in [0.4, 0.5) is 0 Å². The summed E-state index contributed by atoms with van der Waals surface area (Å²) in [6, 6.07) is 7.01. The molecule has 1 atom stereocenters. The van der Waals surface area contributed by atoms with Crippen molar-refractivity contribution < 1.29 is 14.4 Å². The van der Waals surface area contributed by atoms with E-state index in [1.165, 1.54) is 18.2 Å². The van der Waals surface area contributed by atoms with Crippen molar-refractivity contribution in [2.45, 2.75) is 26.3 Å². The van der Waals surface area contributed by atoms with Gasteiger partial charge in [-0.15, -0.1) is 0 Å². The minimum Gasteiger partial charge on any atom is -0.366 e. The summed E-state index contributed by atoms with van der Waals surface area (Å²) >= 11 is 0. The van der Waals surface area contributed by atoms with Crippen molar-refractivity contribution in [2.24, 2.45) is 11.7 Å². The van der Waals surface area contributed by atoms with E-state index in [-0.39, 0.29) is 23.6 Å². The Hall–Kier alpha value is -2.88. The molecule has 0 spiro atoms. The molecule has 122 valence electrons. The van der Waals surface area contributed by atoms with Crippen molar-refractivity contribution in [3.8, 4) is 6.07 Å². The molecule has 7 nitrogen and oxygen atoms in total. The van der Waals surface area contributed by atoms with Gasteiger partial charge in [0.15, 0.2) is 0 Å². The molecule has 0 aliphatic carbocycles. The highest BCUT2D eigenvalue weighted by molar-refractivity contribution is 6.00. The van der Waals surface area contributed by atoms with Crippen molar-refractivity contribution in [1.29, 1.82) is 5.26 Å². The fourth-order valence-corrected chi connectivity index (χ4v) is 2.01. The molecule has 0 fully saturated rings. The monoisotopic (exact) mass is 316 g/mol. The van der Waals surface area contributed by atoms with Gasteiger partial charge in [0.2, 0.25) is 11.8 Å². The van der Waals surface area contributed by atoms with E-state index >= 15 is 0 Å². The molecule has 1 rings (SSSR count). The first-order valence-electron chi connectivity index (χ1n) is 7.20. The third-order valence-electron chi connectivity index (χ3n) is 3.08. The van der Waals surface area contributed by atoms with E-state index in [9.17, 15) is 14.4 Å². The van der Waals surface area contributed by atoms with E-state index in [1.54, 1.807) is 6.07 Å². The Bertz CT molecular complexity index is 634. The number of amides is 3. The number of hydrogen-bond acceptors (Lipinski definition) is 4. The summed E-state index contributed by atoms with van der Waals surface area (Å²) in [5.41, 5.74) is 5.64. The number of nitrogens with zero attached hydrogens (tertiary/aromatic N) is 1. The molecular weight excluding hydrogens is 296 g/mol. The standard InChI is InChI=1S/C16H20N4O3/c1-10(2)8-13(16(23)19-7-6-17)20-15(22)12-5-3-4-11(9-12)14(18)21/h3-5,9-10,13H,7-8H2,1-2H3,(H2,18,21)(H,19,23)(H,20,22). The molecule has 0 aliphatic rings. The van der Waals surface area contributed by atoms with Gasteiger partial charge in [0.25, 0.3) is 5.91 Å². The van der Waals surface area contributed by atoms with Crippen molar-refractivity contribution in [2.75, 3.05) is 6.54 Å². The van der Waals surface area contributed by atoms with Crippen LogP contribution in [0.15, 0.2) is 24.3 Å². The number of nitrogens with two attached hydrogens (primary N) is 1. The van der Waals surface area contributed by atoms with Gasteiger partial charge in [-0.05, 0) is 30.5 Å². The van der Waals surface area contributed by atoms with E-state index in [2.05, 4.69) is 10.6 Å². The lowest BCUT2D eigenvalue weighted by Crippen LogP contribution is -2.47. The van der Waals surface area contributed by atoms with Crippen LogP contribution in [0.25, 0.3) is 0 Å². The number of benzene rings is 1. The van der Waals surface area contributed by atoms with Crippen LogP contribution in [-0.4, -0.2) is 30.3 Å². The Kier molecular flexibility index (Phi) is 6.74. The Balaban J connectivity index is 2.88. The van der Waals surface area contributed by atoms with Crippen LogP contribution in [0.2, 0.25) is 0 Å². The maximum Gasteiger partial charge on any atom is 0.251 e. The molecule has 4 N–H and O–H groups in total. The Labute approximate surface area is 134 Å². The van der Waals surface area contributed by atoms with E-state index in [4.69, 9.17) is 11.0 Å². The Morgan fingerprint density at radius 3 is 2.48 bits per heavy atom. The first-order valence-corrected chi connectivity index (χ1v) is 7.20. The van der Waals surface area contributed by atoms with Gasteiger partial charge >= 0.3 is 0 Å². The second-order valence-corrected chi connectivity index (χ2v) is 5.48. The van der Waals surface area contributed by atoms with Crippen LogP contribution in [0, 0.1) is 17.2 Å². The SMILES string of the molecule is CC(C)CC(NC(=O)c1cccc(C(N)=O)c1)C(=O)NCC#N. The summed E-state index contributed by atoms with van der Waals surface area (Å²) < 4.78 is 0. The number of hydrogen-bond donors (Lipinski definition) is 3. The largest absolute Gasteiger partial charge is 0.366 e. The number of carbonyl (C=O) groups is 3. The molecule has 1 aromatic rings. The summed E-state index contributed by atoms with van der Waals surface area (Å²) in [5, 5.41) is 13.6. The molecule has 7 heteroatoms. The van der Waals surface area contributed by atoms with Gasteiger partial charge < -0.3 is 16.4 Å². The second kappa shape index (κ2) is 8.54. The number of nitriles is 1. The lowest BCUT2D eigenvalue weighted by molar-refractivity contribution is -0.123. The Morgan fingerprint density at radius 2 is 1.91 bits per heavy atom. The molecule has 3 amide bonds.